The van der Waals surface area contributed by atoms with Gasteiger partial charge in [-0.1, -0.05) is 0 Å². The van der Waals surface area contributed by atoms with Crippen LogP contribution in [0.3, 0.4) is 0 Å². The second-order valence-corrected chi connectivity index (χ2v) is 6.85. The van der Waals surface area contributed by atoms with Gasteiger partial charge in [0.2, 0.25) is 10.0 Å². The third kappa shape index (κ3) is 4.16. The Balaban J connectivity index is 2.82. The van der Waals surface area contributed by atoms with Crippen molar-refractivity contribution in [2.75, 3.05) is 25.9 Å². The Morgan fingerprint density at radius 3 is 2.55 bits per heavy atom. The van der Waals surface area contributed by atoms with Crippen LogP contribution in [0.4, 0.5) is 10.1 Å². The first kappa shape index (κ1) is 16.9. The summed E-state index contributed by atoms with van der Waals surface area (Å²) in [6, 6.07) is 2.59. The average molecular weight is 303 g/mol. The molecule has 0 aromatic heterocycles. The van der Waals surface area contributed by atoms with Crippen molar-refractivity contribution in [3.05, 3.63) is 23.5 Å². The normalized spacial score (nSPS) is 12.3. The largest absolute Gasteiger partial charge is 0.398 e. The summed E-state index contributed by atoms with van der Waals surface area (Å²) >= 11 is 0. The molecule has 7 heteroatoms. The lowest BCUT2D eigenvalue weighted by Gasteiger charge is -2.21. The van der Waals surface area contributed by atoms with Gasteiger partial charge >= 0.3 is 0 Å². The van der Waals surface area contributed by atoms with E-state index in [4.69, 9.17) is 5.73 Å². The summed E-state index contributed by atoms with van der Waals surface area (Å²) in [5, 5.41) is 0. The number of nitrogens with two attached hydrogens (primary N) is 1. The van der Waals surface area contributed by atoms with Gasteiger partial charge in [0.15, 0.2) is 0 Å². The monoisotopic (exact) mass is 303 g/mol. The fraction of sp³-hybridized carbons (Fsp3) is 0.538. The molecule has 0 saturated carbocycles. The molecule has 0 spiro atoms. The number of rotatable bonds is 6. The van der Waals surface area contributed by atoms with Crippen molar-refractivity contribution >= 4 is 15.7 Å². The van der Waals surface area contributed by atoms with Crippen LogP contribution in [-0.4, -0.2) is 39.5 Å². The lowest BCUT2D eigenvalue weighted by Crippen LogP contribution is -2.36. The third-order valence-electron chi connectivity index (χ3n) is 3.25. The van der Waals surface area contributed by atoms with E-state index < -0.39 is 20.7 Å². The molecule has 0 amide bonds. The van der Waals surface area contributed by atoms with E-state index in [-0.39, 0.29) is 12.2 Å². The highest BCUT2D eigenvalue weighted by Crippen LogP contribution is 2.21. The Bertz CT molecular complexity index is 573. The number of hydrogen-bond donors (Lipinski definition) is 2. The molecular formula is C13H22FN3O2S. The SMILES string of the molecule is Cc1cc(F)c(S(=O)(=O)NCCN(C)C(C)C)cc1N. The molecule has 0 radical (unpaired) electrons. The molecule has 0 aliphatic heterocycles. The number of aryl methyl sites for hydroxylation is 1. The van der Waals surface area contributed by atoms with E-state index in [1.165, 1.54) is 0 Å². The van der Waals surface area contributed by atoms with Crippen molar-refractivity contribution in [3.63, 3.8) is 0 Å². The topological polar surface area (TPSA) is 75.4 Å². The van der Waals surface area contributed by atoms with E-state index >= 15 is 0 Å². The van der Waals surface area contributed by atoms with E-state index in [2.05, 4.69) is 4.72 Å². The van der Waals surface area contributed by atoms with Crippen molar-refractivity contribution in [1.82, 2.24) is 9.62 Å². The summed E-state index contributed by atoms with van der Waals surface area (Å²) in [5.41, 5.74) is 6.41. The molecular weight excluding hydrogens is 281 g/mol. The predicted molar refractivity (Wildman–Crippen MR) is 78.5 cm³/mol. The molecule has 3 N–H and O–H groups in total. The first-order valence-electron chi connectivity index (χ1n) is 6.40. The van der Waals surface area contributed by atoms with Crippen molar-refractivity contribution < 1.29 is 12.8 Å². The average Bonchev–Trinajstić information content (AvgIpc) is 2.33. The van der Waals surface area contributed by atoms with Gasteiger partial charge in [-0.2, -0.15) is 0 Å². The number of likely N-dealkylation sites (N-methyl/N-ethyl adjacent to an activating group) is 1. The zero-order valence-electron chi connectivity index (χ0n) is 12.3. The van der Waals surface area contributed by atoms with Crippen LogP contribution >= 0.6 is 0 Å². The third-order valence-corrected chi connectivity index (χ3v) is 4.72. The van der Waals surface area contributed by atoms with Gasteiger partial charge in [-0.05, 0) is 45.5 Å². The molecule has 0 saturated heterocycles. The number of halogens is 1. The van der Waals surface area contributed by atoms with Crippen LogP contribution in [0.25, 0.3) is 0 Å². The summed E-state index contributed by atoms with van der Waals surface area (Å²) < 4.78 is 40.2. The Morgan fingerprint density at radius 2 is 2.00 bits per heavy atom. The zero-order chi connectivity index (χ0) is 15.5. The van der Waals surface area contributed by atoms with Crippen LogP contribution in [0.1, 0.15) is 19.4 Å². The molecule has 20 heavy (non-hydrogen) atoms. The molecule has 0 aliphatic rings. The fourth-order valence-corrected chi connectivity index (χ4v) is 2.68. The summed E-state index contributed by atoms with van der Waals surface area (Å²) in [6.45, 7) is 6.40. The van der Waals surface area contributed by atoms with Gasteiger partial charge in [0.1, 0.15) is 10.7 Å². The van der Waals surface area contributed by atoms with Gasteiger partial charge in [-0.15, -0.1) is 0 Å². The highest BCUT2D eigenvalue weighted by atomic mass is 32.2. The number of benzene rings is 1. The molecule has 1 aromatic rings. The highest BCUT2D eigenvalue weighted by Gasteiger charge is 2.20. The van der Waals surface area contributed by atoms with E-state index in [1.54, 1.807) is 6.92 Å². The number of hydrogen-bond acceptors (Lipinski definition) is 4. The smallest absolute Gasteiger partial charge is 0.243 e. The molecule has 0 atom stereocenters. The number of nitrogens with one attached hydrogen (secondary N) is 1. The maximum absolute atomic E-state index is 13.8. The first-order chi connectivity index (χ1) is 9.15. The van der Waals surface area contributed by atoms with Crippen LogP contribution < -0.4 is 10.5 Å². The van der Waals surface area contributed by atoms with Crippen molar-refractivity contribution in [2.24, 2.45) is 0 Å². The van der Waals surface area contributed by atoms with Crippen LogP contribution in [0, 0.1) is 12.7 Å². The summed E-state index contributed by atoms with van der Waals surface area (Å²) in [4.78, 5) is 1.58. The first-order valence-corrected chi connectivity index (χ1v) is 7.89. The van der Waals surface area contributed by atoms with Crippen molar-refractivity contribution in [1.29, 1.82) is 0 Å². The molecule has 0 aliphatic carbocycles. The maximum Gasteiger partial charge on any atom is 0.243 e. The van der Waals surface area contributed by atoms with Gasteiger partial charge in [0.25, 0.3) is 0 Å². The van der Waals surface area contributed by atoms with E-state index in [9.17, 15) is 12.8 Å². The Morgan fingerprint density at radius 1 is 1.40 bits per heavy atom. The second-order valence-electron chi connectivity index (χ2n) is 5.11. The van der Waals surface area contributed by atoms with Crippen LogP contribution in [-0.2, 0) is 10.0 Å². The van der Waals surface area contributed by atoms with Crippen LogP contribution in [0.5, 0.6) is 0 Å². The minimum absolute atomic E-state index is 0.213. The minimum atomic E-state index is -3.88. The predicted octanol–water partition coefficient (Wildman–Crippen LogP) is 1.33. The molecule has 0 fully saturated rings. The fourth-order valence-electron chi connectivity index (χ4n) is 1.57. The van der Waals surface area contributed by atoms with Gasteiger partial charge in [-0.3, -0.25) is 0 Å². The van der Waals surface area contributed by atoms with E-state index in [0.717, 1.165) is 12.1 Å². The lowest BCUT2D eigenvalue weighted by molar-refractivity contribution is 0.278. The van der Waals surface area contributed by atoms with Crippen LogP contribution in [0.2, 0.25) is 0 Å². The summed E-state index contributed by atoms with van der Waals surface area (Å²) in [7, 11) is -1.99. The molecule has 0 bridgehead atoms. The molecule has 0 unspecified atom stereocenters. The Labute approximate surface area is 120 Å². The molecule has 1 aromatic carbocycles. The van der Waals surface area contributed by atoms with Crippen molar-refractivity contribution in [2.45, 2.75) is 31.7 Å². The van der Waals surface area contributed by atoms with Gasteiger partial charge in [-0.25, -0.2) is 17.5 Å². The maximum atomic E-state index is 13.8. The lowest BCUT2D eigenvalue weighted by atomic mass is 10.2. The second kappa shape index (κ2) is 6.51. The van der Waals surface area contributed by atoms with Gasteiger partial charge in [0.05, 0.1) is 0 Å². The van der Waals surface area contributed by atoms with E-state index in [1.807, 2.05) is 25.8 Å². The number of nitrogen functional groups attached to an aromatic ring is 1. The highest BCUT2D eigenvalue weighted by molar-refractivity contribution is 7.89. The molecule has 5 nitrogen and oxygen atoms in total. The number of sulfonamides is 1. The number of anilines is 1. The zero-order valence-corrected chi connectivity index (χ0v) is 13.1. The van der Waals surface area contributed by atoms with Gasteiger partial charge < -0.3 is 10.6 Å². The number of nitrogens with zero attached hydrogens (tertiary/aromatic N) is 1. The Hall–Kier alpha value is -1.18. The van der Waals surface area contributed by atoms with Crippen molar-refractivity contribution in [3.8, 4) is 0 Å². The molecule has 114 valence electrons. The van der Waals surface area contributed by atoms with Crippen LogP contribution in [0.15, 0.2) is 17.0 Å². The minimum Gasteiger partial charge on any atom is -0.398 e. The van der Waals surface area contributed by atoms with Gasteiger partial charge in [0, 0.05) is 24.8 Å². The Kier molecular flexibility index (Phi) is 5.50. The molecule has 1 rings (SSSR count). The van der Waals surface area contributed by atoms with E-state index in [0.29, 0.717) is 18.2 Å². The summed E-state index contributed by atoms with van der Waals surface area (Å²) in [6.07, 6.45) is 0. The quantitative estimate of drug-likeness (QED) is 0.778. The molecule has 0 heterocycles. The summed E-state index contributed by atoms with van der Waals surface area (Å²) in [5.74, 6) is -0.790. The standard InChI is InChI=1S/C13H22FN3O2S/c1-9(2)17(4)6-5-16-20(18,19)13-8-12(15)10(3)7-11(13)14/h7-9,16H,5-6,15H2,1-4H3.